The molecule has 0 radical (unpaired) electrons. The number of carbonyl (C=O) groups is 1. The summed E-state index contributed by atoms with van der Waals surface area (Å²) >= 11 is 13.4. The van der Waals surface area contributed by atoms with E-state index in [9.17, 15) is 9.59 Å². The quantitative estimate of drug-likeness (QED) is 0.303. The van der Waals surface area contributed by atoms with Crippen molar-refractivity contribution in [1.29, 1.82) is 0 Å². The first-order valence-corrected chi connectivity index (χ1v) is 11.3. The smallest absolute Gasteiger partial charge is 0.315 e. The first-order chi connectivity index (χ1) is 15.4. The van der Waals surface area contributed by atoms with Gasteiger partial charge in [0, 0.05) is 16.6 Å². The molecule has 0 unspecified atom stereocenters. The molecule has 0 aliphatic heterocycles. The van der Waals surface area contributed by atoms with Crippen molar-refractivity contribution in [2.45, 2.75) is 25.0 Å². The standard InChI is InChI=1S/C21H17Cl2N5O3S/c1-12-24-20(31-27-12)26-18(29)11-32-21-25-17-5-3-2-4-15(17)19(30)28(21)9-8-13-6-7-14(22)10-16(13)23/h2-7,10H,8-9,11H2,1H3,(H,24,26,27,29). The van der Waals surface area contributed by atoms with Crippen LogP contribution >= 0.6 is 35.0 Å². The van der Waals surface area contributed by atoms with Crippen molar-refractivity contribution in [2.24, 2.45) is 0 Å². The number of fused-ring (bicyclic) bond motifs is 1. The van der Waals surface area contributed by atoms with E-state index in [-0.39, 0.29) is 23.2 Å². The maximum atomic E-state index is 13.2. The monoisotopic (exact) mass is 489 g/mol. The summed E-state index contributed by atoms with van der Waals surface area (Å²) < 4.78 is 6.46. The lowest BCUT2D eigenvalue weighted by Crippen LogP contribution is -2.25. The second-order valence-corrected chi connectivity index (χ2v) is 8.62. The van der Waals surface area contributed by atoms with Gasteiger partial charge in [0.15, 0.2) is 11.0 Å². The van der Waals surface area contributed by atoms with Gasteiger partial charge in [-0.2, -0.15) is 4.98 Å². The predicted octanol–water partition coefficient (Wildman–Crippen LogP) is 4.37. The third-order valence-electron chi connectivity index (χ3n) is 4.55. The molecule has 1 amide bonds. The Morgan fingerprint density at radius 2 is 2.00 bits per heavy atom. The van der Waals surface area contributed by atoms with Crippen LogP contribution < -0.4 is 10.9 Å². The fourth-order valence-electron chi connectivity index (χ4n) is 3.05. The highest BCUT2D eigenvalue weighted by Gasteiger charge is 2.15. The number of halogens is 2. The van der Waals surface area contributed by atoms with E-state index in [1.54, 1.807) is 41.8 Å². The second kappa shape index (κ2) is 9.72. The lowest BCUT2D eigenvalue weighted by molar-refractivity contribution is -0.114. The number of aromatic nitrogens is 4. The molecule has 0 atom stereocenters. The number of para-hydroxylation sites is 1. The summed E-state index contributed by atoms with van der Waals surface area (Å²) in [7, 11) is 0. The number of rotatable bonds is 7. The summed E-state index contributed by atoms with van der Waals surface area (Å²) in [5.41, 5.74) is 1.24. The summed E-state index contributed by atoms with van der Waals surface area (Å²) in [5, 5.41) is 8.16. The van der Waals surface area contributed by atoms with Crippen LogP contribution in [0.15, 0.2) is 56.9 Å². The van der Waals surface area contributed by atoms with Crippen LogP contribution in [0.25, 0.3) is 10.9 Å². The molecule has 0 bridgehead atoms. The lowest BCUT2D eigenvalue weighted by Gasteiger charge is -2.13. The molecule has 8 nitrogen and oxygen atoms in total. The molecule has 4 rings (SSSR count). The van der Waals surface area contributed by atoms with E-state index < -0.39 is 0 Å². The Morgan fingerprint density at radius 1 is 1.19 bits per heavy atom. The number of benzene rings is 2. The van der Waals surface area contributed by atoms with E-state index in [1.165, 1.54) is 0 Å². The Labute approximate surface area is 196 Å². The normalized spacial score (nSPS) is 11.1. The molecule has 4 aromatic rings. The lowest BCUT2D eigenvalue weighted by atomic mass is 10.1. The van der Waals surface area contributed by atoms with E-state index >= 15 is 0 Å². The molecular weight excluding hydrogens is 473 g/mol. The SMILES string of the molecule is Cc1noc(NC(=O)CSc2nc3ccccc3c(=O)n2CCc2ccc(Cl)cc2Cl)n1. The van der Waals surface area contributed by atoms with Crippen molar-refractivity contribution < 1.29 is 9.32 Å². The molecular formula is C21H17Cl2N5O3S. The van der Waals surface area contributed by atoms with Gasteiger partial charge in [-0.1, -0.05) is 58.3 Å². The number of hydrogen-bond donors (Lipinski definition) is 1. The van der Waals surface area contributed by atoms with E-state index in [0.717, 1.165) is 17.3 Å². The first-order valence-electron chi connectivity index (χ1n) is 9.57. The minimum Gasteiger partial charge on any atom is -0.315 e. The topological polar surface area (TPSA) is 103 Å². The number of hydrogen-bond acceptors (Lipinski definition) is 7. The Balaban J connectivity index is 1.58. The van der Waals surface area contributed by atoms with Crippen LogP contribution in [-0.2, 0) is 17.8 Å². The highest BCUT2D eigenvalue weighted by Crippen LogP contribution is 2.23. The molecule has 0 aliphatic carbocycles. The van der Waals surface area contributed by atoms with Gasteiger partial charge in [-0.25, -0.2) is 4.98 Å². The van der Waals surface area contributed by atoms with Gasteiger partial charge in [-0.15, -0.1) is 0 Å². The molecule has 11 heteroatoms. The fraction of sp³-hybridized carbons (Fsp3) is 0.190. The summed E-state index contributed by atoms with van der Waals surface area (Å²) in [4.78, 5) is 34.0. The van der Waals surface area contributed by atoms with Gasteiger partial charge in [0.1, 0.15) is 0 Å². The largest absolute Gasteiger partial charge is 0.328 e. The van der Waals surface area contributed by atoms with Crippen LogP contribution in [0.4, 0.5) is 6.01 Å². The Hall–Kier alpha value is -2.88. The maximum absolute atomic E-state index is 13.2. The van der Waals surface area contributed by atoms with Gasteiger partial charge >= 0.3 is 6.01 Å². The van der Waals surface area contributed by atoms with Crippen LogP contribution in [0, 0.1) is 6.92 Å². The van der Waals surface area contributed by atoms with Crippen LogP contribution in [-0.4, -0.2) is 31.4 Å². The highest BCUT2D eigenvalue weighted by molar-refractivity contribution is 7.99. The minimum atomic E-state index is -0.353. The van der Waals surface area contributed by atoms with E-state index in [2.05, 4.69) is 20.4 Å². The predicted molar refractivity (Wildman–Crippen MR) is 125 cm³/mol. The number of aryl methyl sites for hydroxylation is 2. The summed E-state index contributed by atoms with van der Waals surface area (Å²) in [6.07, 6.45) is 0.497. The summed E-state index contributed by atoms with van der Waals surface area (Å²) in [6.45, 7) is 1.99. The molecule has 0 saturated carbocycles. The van der Waals surface area contributed by atoms with Gasteiger partial charge in [0.25, 0.3) is 5.56 Å². The Kier molecular flexibility index (Phi) is 6.78. The van der Waals surface area contributed by atoms with Crippen LogP contribution in [0.5, 0.6) is 0 Å². The average molecular weight is 490 g/mol. The van der Waals surface area contributed by atoms with Crippen LogP contribution in [0.2, 0.25) is 10.0 Å². The van der Waals surface area contributed by atoms with Crippen molar-refractivity contribution in [3.63, 3.8) is 0 Å². The van der Waals surface area contributed by atoms with Gasteiger partial charge in [-0.3, -0.25) is 19.5 Å². The molecule has 0 fully saturated rings. The molecule has 164 valence electrons. The van der Waals surface area contributed by atoms with Gasteiger partial charge in [0.05, 0.1) is 16.7 Å². The fourth-order valence-corrected chi connectivity index (χ4v) is 4.37. The Morgan fingerprint density at radius 3 is 2.75 bits per heavy atom. The maximum Gasteiger partial charge on any atom is 0.328 e. The van der Waals surface area contributed by atoms with Gasteiger partial charge in [0.2, 0.25) is 5.91 Å². The molecule has 32 heavy (non-hydrogen) atoms. The molecule has 0 spiro atoms. The third-order valence-corrected chi connectivity index (χ3v) is 6.12. The van der Waals surface area contributed by atoms with Gasteiger partial charge in [-0.05, 0) is 43.2 Å². The van der Waals surface area contributed by atoms with Crippen LogP contribution in [0.3, 0.4) is 0 Å². The Bertz CT molecular complexity index is 1360. The molecule has 2 heterocycles. The van der Waals surface area contributed by atoms with E-state index in [1.807, 2.05) is 12.1 Å². The molecule has 2 aromatic heterocycles. The van der Waals surface area contributed by atoms with Crippen molar-refractivity contribution in [1.82, 2.24) is 19.7 Å². The zero-order valence-corrected chi connectivity index (χ0v) is 19.2. The van der Waals surface area contributed by atoms with Crippen molar-refractivity contribution in [3.8, 4) is 0 Å². The van der Waals surface area contributed by atoms with Crippen molar-refractivity contribution in [3.05, 3.63) is 74.3 Å². The number of nitrogens with one attached hydrogen (secondary N) is 1. The average Bonchev–Trinajstić information content (AvgIpc) is 3.17. The number of nitrogens with zero attached hydrogens (tertiary/aromatic N) is 4. The first kappa shape index (κ1) is 22.3. The van der Waals surface area contributed by atoms with Crippen molar-refractivity contribution in [2.75, 3.05) is 11.1 Å². The molecule has 0 aliphatic rings. The molecule has 0 saturated heterocycles. The number of thioether (sulfide) groups is 1. The zero-order valence-electron chi connectivity index (χ0n) is 16.8. The van der Waals surface area contributed by atoms with E-state index in [0.29, 0.717) is 44.9 Å². The molecule has 1 N–H and O–H groups in total. The number of amides is 1. The third kappa shape index (κ3) is 5.12. The minimum absolute atomic E-state index is 0.00785. The number of anilines is 1. The van der Waals surface area contributed by atoms with E-state index in [4.69, 9.17) is 27.7 Å². The van der Waals surface area contributed by atoms with Crippen LogP contribution in [0.1, 0.15) is 11.4 Å². The molecule has 2 aromatic carbocycles. The highest BCUT2D eigenvalue weighted by atomic mass is 35.5. The summed E-state index contributed by atoms with van der Waals surface area (Å²) in [6, 6.07) is 12.4. The van der Waals surface area contributed by atoms with Crippen molar-refractivity contribution >= 4 is 57.8 Å². The van der Waals surface area contributed by atoms with Gasteiger partial charge < -0.3 is 4.52 Å². The number of carbonyl (C=O) groups excluding carboxylic acids is 1. The second-order valence-electron chi connectivity index (χ2n) is 6.84. The summed E-state index contributed by atoms with van der Waals surface area (Å²) in [5.74, 6) is 0.0701. The zero-order chi connectivity index (χ0) is 22.7.